The van der Waals surface area contributed by atoms with Gasteiger partial charge in [-0.2, -0.15) is 0 Å². The maximum Gasteiger partial charge on any atom is 0.345 e. The SMILES string of the molecule is CC=C(C(=O)OCCC)C(=O)OCCC. The van der Waals surface area contributed by atoms with Crippen LogP contribution in [0.3, 0.4) is 0 Å². The van der Waals surface area contributed by atoms with Gasteiger partial charge in [-0.3, -0.25) is 0 Å². The molecule has 0 unspecified atom stereocenters. The molecule has 4 nitrogen and oxygen atoms in total. The highest BCUT2D eigenvalue weighted by Gasteiger charge is 2.19. The molecule has 4 heteroatoms. The summed E-state index contributed by atoms with van der Waals surface area (Å²) in [6.07, 6.45) is 2.87. The first kappa shape index (κ1) is 13.7. The third-order valence-electron chi connectivity index (χ3n) is 1.60. The molecular formula is C11H18O4. The normalized spacial score (nSPS) is 9.27. The van der Waals surface area contributed by atoms with Crippen LogP contribution in [-0.2, 0) is 19.1 Å². The molecule has 0 rings (SSSR count). The number of rotatable bonds is 6. The molecule has 0 bridgehead atoms. The smallest absolute Gasteiger partial charge is 0.345 e. The fraction of sp³-hybridized carbons (Fsp3) is 0.636. The first-order valence-electron chi connectivity index (χ1n) is 5.17. The van der Waals surface area contributed by atoms with Gasteiger partial charge in [-0.1, -0.05) is 19.9 Å². The molecule has 0 heterocycles. The van der Waals surface area contributed by atoms with Gasteiger partial charge in [-0.25, -0.2) is 9.59 Å². The average Bonchev–Trinajstić information content (AvgIpc) is 2.24. The van der Waals surface area contributed by atoms with Crippen LogP contribution in [0.4, 0.5) is 0 Å². The molecule has 0 aromatic rings. The van der Waals surface area contributed by atoms with Crippen LogP contribution in [0.1, 0.15) is 33.6 Å². The van der Waals surface area contributed by atoms with Crippen molar-refractivity contribution in [2.75, 3.05) is 13.2 Å². The van der Waals surface area contributed by atoms with Crippen molar-refractivity contribution in [3.8, 4) is 0 Å². The second kappa shape index (κ2) is 8.03. The van der Waals surface area contributed by atoms with Gasteiger partial charge in [0.1, 0.15) is 5.57 Å². The van der Waals surface area contributed by atoms with Crippen molar-refractivity contribution in [3.63, 3.8) is 0 Å². The Hall–Kier alpha value is -1.32. The lowest BCUT2D eigenvalue weighted by Crippen LogP contribution is -2.18. The Balaban J connectivity index is 4.23. The van der Waals surface area contributed by atoms with Gasteiger partial charge in [0.2, 0.25) is 0 Å². The summed E-state index contributed by atoms with van der Waals surface area (Å²) in [5.41, 5.74) is -0.0306. The molecule has 0 aromatic heterocycles. The van der Waals surface area contributed by atoms with E-state index in [0.717, 1.165) is 12.8 Å². The summed E-state index contributed by atoms with van der Waals surface area (Å²) in [6.45, 7) is 6.01. The van der Waals surface area contributed by atoms with E-state index in [1.807, 2.05) is 13.8 Å². The molecule has 0 aliphatic rings. The largest absolute Gasteiger partial charge is 0.462 e. The van der Waals surface area contributed by atoms with Gasteiger partial charge in [-0.15, -0.1) is 0 Å². The molecule has 0 amide bonds. The van der Waals surface area contributed by atoms with Crippen molar-refractivity contribution in [1.29, 1.82) is 0 Å². The molecule has 0 radical (unpaired) electrons. The summed E-state index contributed by atoms with van der Waals surface area (Å²) in [5, 5.41) is 0. The lowest BCUT2D eigenvalue weighted by Gasteiger charge is -2.06. The number of hydrogen-bond acceptors (Lipinski definition) is 4. The predicted octanol–water partition coefficient (Wildman–Crippen LogP) is 1.84. The molecule has 0 N–H and O–H groups in total. The van der Waals surface area contributed by atoms with Crippen LogP contribution in [0.25, 0.3) is 0 Å². The zero-order valence-electron chi connectivity index (χ0n) is 9.54. The van der Waals surface area contributed by atoms with E-state index in [9.17, 15) is 9.59 Å². The molecule has 0 saturated heterocycles. The molecule has 0 aromatic carbocycles. The molecule has 15 heavy (non-hydrogen) atoms. The number of carbonyl (C=O) groups excluding carboxylic acids is 2. The predicted molar refractivity (Wildman–Crippen MR) is 56.3 cm³/mol. The zero-order chi connectivity index (χ0) is 11.7. The number of allylic oxidation sites excluding steroid dienone is 1. The monoisotopic (exact) mass is 214 g/mol. The Kier molecular flexibility index (Phi) is 7.32. The average molecular weight is 214 g/mol. The Morgan fingerprint density at radius 3 is 1.67 bits per heavy atom. The third kappa shape index (κ3) is 5.20. The van der Waals surface area contributed by atoms with Crippen LogP contribution in [0.15, 0.2) is 11.6 Å². The van der Waals surface area contributed by atoms with E-state index in [0.29, 0.717) is 13.2 Å². The maximum absolute atomic E-state index is 11.3. The second-order valence-electron chi connectivity index (χ2n) is 2.97. The minimum absolute atomic E-state index is 0.0306. The van der Waals surface area contributed by atoms with E-state index >= 15 is 0 Å². The Bertz CT molecular complexity index is 221. The van der Waals surface area contributed by atoms with Crippen LogP contribution in [0.2, 0.25) is 0 Å². The molecule has 0 atom stereocenters. The molecule has 0 spiro atoms. The molecule has 0 fully saturated rings. The van der Waals surface area contributed by atoms with E-state index in [1.165, 1.54) is 6.08 Å². The van der Waals surface area contributed by atoms with Crippen molar-refractivity contribution < 1.29 is 19.1 Å². The Morgan fingerprint density at radius 2 is 1.40 bits per heavy atom. The summed E-state index contributed by atoms with van der Waals surface area (Å²) in [5.74, 6) is -1.22. The summed E-state index contributed by atoms with van der Waals surface area (Å²) < 4.78 is 9.67. The van der Waals surface area contributed by atoms with Gasteiger partial charge >= 0.3 is 11.9 Å². The van der Waals surface area contributed by atoms with E-state index in [-0.39, 0.29) is 5.57 Å². The maximum atomic E-state index is 11.3. The highest BCUT2D eigenvalue weighted by Crippen LogP contribution is 2.02. The van der Waals surface area contributed by atoms with Crippen molar-refractivity contribution in [2.45, 2.75) is 33.6 Å². The van der Waals surface area contributed by atoms with Crippen LogP contribution in [0, 0.1) is 0 Å². The molecule has 0 aliphatic heterocycles. The highest BCUT2D eigenvalue weighted by atomic mass is 16.6. The first-order chi connectivity index (χ1) is 7.17. The Morgan fingerprint density at radius 1 is 1.00 bits per heavy atom. The molecule has 0 saturated carbocycles. The van der Waals surface area contributed by atoms with Crippen molar-refractivity contribution in [3.05, 3.63) is 11.6 Å². The highest BCUT2D eigenvalue weighted by molar-refractivity contribution is 6.13. The zero-order valence-corrected chi connectivity index (χ0v) is 9.54. The number of esters is 2. The first-order valence-corrected chi connectivity index (χ1v) is 5.17. The van der Waals surface area contributed by atoms with Gasteiger partial charge in [0.15, 0.2) is 0 Å². The Labute approximate surface area is 90.2 Å². The summed E-state index contributed by atoms with van der Waals surface area (Å²) in [4.78, 5) is 22.7. The number of carbonyl (C=O) groups is 2. The lowest BCUT2D eigenvalue weighted by molar-refractivity contribution is -0.147. The molecule has 0 aliphatic carbocycles. The summed E-state index contributed by atoms with van der Waals surface area (Å²) in [7, 11) is 0. The number of ether oxygens (including phenoxy) is 2. The van der Waals surface area contributed by atoms with Crippen LogP contribution in [-0.4, -0.2) is 25.2 Å². The van der Waals surface area contributed by atoms with Crippen LogP contribution >= 0.6 is 0 Å². The van der Waals surface area contributed by atoms with Gasteiger partial charge in [0, 0.05) is 0 Å². The quantitative estimate of drug-likeness (QED) is 0.293. The fourth-order valence-electron chi connectivity index (χ4n) is 0.864. The summed E-state index contributed by atoms with van der Waals surface area (Å²) >= 11 is 0. The minimum Gasteiger partial charge on any atom is -0.462 e. The standard InChI is InChI=1S/C11H18O4/c1-4-7-14-10(12)9(6-3)11(13)15-8-5-2/h6H,4-5,7-8H2,1-3H3. The lowest BCUT2D eigenvalue weighted by atomic mass is 10.2. The topological polar surface area (TPSA) is 52.6 Å². The second-order valence-corrected chi connectivity index (χ2v) is 2.97. The molecular weight excluding hydrogens is 196 g/mol. The third-order valence-corrected chi connectivity index (χ3v) is 1.60. The summed E-state index contributed by atoms with van der Waals surface area (Å²) in [6, 6.07) is 0. The van der Waals surface area contributed by atoms with Crippen LogP contribution < -0.4 is 0 Å². The van der Waals surface area contributed by atoms with Crippen molar-refractivity contribution in [1.82, 2.24) is 0 Å². The minimum atomic E-state index is -0.611. The van der Waals surface area contributed by atoms with E-state index in [2.05, 4.69) is 0 Å². The van der Waals surface area contributed by atoms with Crippen molar-refractivity contribution >= 4 is 11.9 Å². The van der Waals surface area contributed by atoms with Crippen LogP contribution in [0.5, 0.6) is 0 Å². The fourth-order valence-corrected chi connectivity index (χ4v) is 0.864. The van der Waals surface area contributed by atoms with Gasteiger partial charge in [0.05, 0.1) is 13.2 Å². The number of hydrogen-bond donors (Lipinski definition) is 0. The van der Waals surface area contributed by atoms with E-state index < -0.39 is 11.9 Å². The van der Waals surface area contributed by atoms with Gasteiger partial charge in [-0.05, 0) is 19.8 Å². The molecule has 86 valence electrons. The van der Waals surface area contributed by atoms with E-state index in [4.69, 9.17) is 9.47 Å². The van der Waals surface area contributed by atoms with E-state index in [1.54, 1.807) is 6.92 Å². The van der Waals surface area contributed by atoms with Gasteiger partial charge in [0.25, 0.3) is 0 Å². The van der Waals surface area contributed by atoms with Crippen molar-refractivity contribution in [2.24, 2.45) is 0 Å². The van der Waals surface area contributed by atoms with Gasteiger partial charge < -0.3 is 9.47 Å².